The number of para-hydroxylation sites is 1. The first kappa shape index (κ1) is 14.3. The first-order valence-corrected chi connectivity index (χ1v) is 6.90. The average Bonchev–Trinajstić information content (AvgIpc) is 2.38. The van der Waals surface area contributed by atoms with Crippen LogP contribution in [-0.2, 0) is 4.79 Å². The molecule has 0 aliphatic heterocycles. The highest BCUT2D eigenvalue weighted by atomic mass is 16.1. The molecule has 0 aliphatic rings. The molecule has 2 aromatic rings. The number of amides is 1. The summed E-state index contributed by atoms with van der Waals surface area (Å²) in [5.41, 5.74) is 3.02. The van der Waals surface area contributed by atoms with Crippen LogP contribution < -0.4 is 5.32 Å². The van der Waals surface area contributed by atoms with E-state index in [0.717, 1.165) is 16.8 Å². The van der Waals surface area contributed by atoms with Crippen LogP contribution in [0.3, 0.4) is 0 Å². The maximum Gasteiger partial charge on any atom is 0.224 e. The number of benzene rings is 2. The molecule has 0 saturated heterocycles. The normalized spacial score (nSPS) is 11.2. The molecule has 0 heterocycles. The second kappa shape index (κ2) is 5.91. The van der Waals surface area contributed by atoms with E-state index in [1.807, 2.05) is 42.5 Å². The van der Waals surface area contributed by atoms with Crippen LogP contribution in [0.4, 0.5) is 5.69 Å². The number of hydrogen-bond acceptors (Lipinski definition) is 1. The van der Waals surface area contributed by atoms with Crippen molar-refractivity contribution in [3.05, 3.63) is 54.6 Å². The summed E-state index contributed by atoms with van der Waals surface area (Å²) >= 11 is 0. The predicted octanol–water partition coefficient (Wildman–Crippen LogP) is 4.73. The molecule has 0 aliphatic carbocycles. The van der Waals surface area contributed by atoms with Gasteiger partial charge in [-0.2, -0.15) is 0 Å². The summed E-state index contributed by atoms with van der Waals surface area (Å²) in [4.78, 5) is 12.1. The molecule has 0 unspecified atom stereocenters. The van der Waals surface area contributed by atoms with Crippen molar-refractivity contribution in [3.63, 3.8) is 0 Å². The summed E-state index contributed by atoms with van der Waals surface area (Å²) in [6.07, 6.45) is 0.510. The monoisotopic (exact) mass is 267 g/mol. The van der Waals surface area contributed by atoms with Gasteiger partial charge < -0.3 is 5.32 Å². The zero-order chi connectivity index (χ0) is 14.6. The molecule has 1 N–H and O–H groups in total. The zero-order valence-electron chi connectivity index (χ0n) is 12.3. The van der Waals surface area contributed by atoms with E-state index in [2.05, 4.69) is 38.2 Å². The van der Waals surface area contributed by atoms with Crippen molar-refractivity contribution in [2.75, 3.05) is 5.32 Å². The third-order valence-electron chi connectivity index (χ3n) is 2.98. The molecule has 0 aromatic heterocycles. The van der Waals surface area contributed by atoms with E-state index < -0.39 is 0 Å². The number of rotatable bonds is 3. The minimum absolute atomic E-state index is 0.00816. The van der Waals surface area contributed by atoms with E-state index in [0.29, 0.717) is 6.42 Å². The molecule has 0 spiro atoms. The Bertz CT molecular complexity index is 582. The lowest BCUT2D eigenvalue weighted by molar-refractivity contribution is -0.117. The Morgan fingerprint density at radius 3 is 2.20 bits per heavy atom. The van der Waals surface area contributed by atoms with Crippen molar-refractivity contribution in [1.82, 2.24) is 0 Å². The minimum atomic E-state index is -0.00816. The van der Waals surface area contributed by atoms with Crippen LogP contribution in [0, 0.1) is 5.41 Å². The van der Waals surface area contributed by atoms with Crippen LogP contribution in [0.5, 0.6) is 0 Å². The number of nitrogens with one attached hydrogen (secondary N) is 1. The number of hydrogen-bond donors (Lipinski definition) is 1. The van der Waals surface area contributed by atoms with Gasteiger partial charge in [-0.15, -0.1) is 0 Å². The lowest BCUT2D eigenvalue weighted by Gasteiger charge is -2.18. The van der Waals surface area contributed by atoms with E-state index in [-0.39, 0.29) is 11.3 Å². The molecule has 2 heteroatoms. The maximum absolute atomic E-state index is 12.1. The van der Waals surface area contributed by atoms with Crippen LogP contribution in [0.25, 0.3) is 11.1 Å². The van der Waals surface area contributed by atoms with Crippen molar-refractivity contribution in [2.24, 2.45) is 5.41 Å². The third-order valence-corrected chi connectivity index (χ3v) is 2.98. The first-order chi connectivity index (χ1) is 9.46. The van der Waals surface area contributed by atoms with Gasteiger partial charge in [0.15, 0.2) is 0 Å². The Hall–Kier alpha value is -2.09. The number of carbonyl (C=O) groups excluding carboxylic acids is 1. The Morgan fingerprint density at radius 1 is 0.950 bits per heavy atom. The van der Waals surface area contributed by atoms with Gasteiger partial charge in [-0.1, -0.05) is 69.3 Å². The second-order valence-corrected chi connectivity index (χ2v) is 6.20. The second-order valence-electron chi connectivity index (χ2n) is 6.20. The SMILES string of the molecule is CC(C)(C)CC(=O)Nc1ccccc1-c1ccccc1. The molecule has 0 saturated carbocycles. The highest BCUT2D eigenvalue weighted by molar-refractivity contribution is 5.95. The molecule has 2 nitrogen and oxygen atoms in total. The molecule has 20 heavy (non-hydrogen) atoms. The topological polar surface area (TPSA) is 29.1 Å². The van der Waals surface area contributed by atoms with Gasteiger partial charge in [-0.3, -0.25) is 4.79 Å². The molecular formula is C18H21NO. The summed E-state index contributed by atoms with van der Waals surface area (Å²) in [5.74, 6) is 0.0564. The smallest absolute Gasteiger partial charge is 0.224 e. The molecule has 0 radical (unpaired) electrons. The van der Waals surface area contributed by atoms with Crippen LogP contribution in [-0.4, -0.2) is 5.91 Å². The highest BCUT2D eigenvalue weighted by Crippen LogP contribution is 2.28. The number of carbonyl (C=O) groups is 1. The molecule has 0 bridgehead atoms. The van der Waals surface area contributed by atoms with E-state index in [9.17, 15) is 4.79 Å². The summed E-state index contributed by atoms with van der Waals surface area (Å²) in [6, 6.07) is 18.0. The zero-order valence-corrected chi connectivity index (χ0v) is 12.3. The highest BCUT2D eigenvalue weighted by Gasteiger charge is 2.16. The fourth-order valence-corrected chi connectivity index (χ4v) is 2.14. The van der Waals surface area contributed by atoms with Crippen molar-refractivity contribution < 1.29 is 4.79 Å². The van der Waals surface area contributed by atoms with E-state index in [1.165, 1.54) is 0 Å². The summed E-state index contributed by atoms with van der Waals surface area (Å²) in [5, 5.41) is 3.03. The van der Waals surface area contributed by atoms with Gasteiger partial charge in [0.05, 0.1) is 0 Å². The minimum Gasteiger partial charge on any atom is -0.325 e. The van der Waals surface area contributed by atoms with Gasteiger partial charge >= 0.3 is 0 Å². The summed E-state index contributed by atoms with van der Waals surface area (Å²) < 4.78 is 0. The van der Waals surface area contributed by atoms with Gasteiger partial charge in [0, 0.05) is 17.7 Å². The van der Waals surface area contributed by atoms with Crippen LogP contribution in [0.15, 0.2) is 54.6 Å². The molecular weight excluding hydrogens is 246 g/mol. The fraction of sp³-hybridized carbons (Fsp3) is 0.278. The Kier molecular flexibility index (Phi) is 4.23. The number of anilines is 1. The molecule has 104 valence electrons. The summed E-state index contributed by atoms with van der Waals surface area (Å²) in [6.45, 7) is 6.20. The molecule has 0 fully saturated rings. The standard InChI is InChI=1S/C18H21NO/c1-18(2,3)13-17(20)19-16-12-8-7-11-15(16)14-9-5-4-6-10-14/h4-12H,13H2,1-3H3,(H,19,20). The predicted molar refractivity (Wildman–Crippen MR) is 84.6 cm³/mol. The van der Waals surface area contributed by atoms with Crippen LogP contribution in [0.1, 0.15) is 27.2 Å². The average molecular weight is 267 g/mol. The molecule has 0 atom stereocenters. The van der Waals surface area contributed by atoms with Gasteiger partial charge in [0.1, 0.15) is 0 Å². The van der Waals surface area contributed by atoms with Crippen molar-refractivity contribution in [3.8, 4) is 11.1 Å². The molecule has 2 rings (SSSR count). The van der Waals surface area contributed by atoms with Gasteiger partial charge in [0.2, 0.25) is 5.91 Å². The summed E-state index contributed by atoms with van der Waals surface area (Å²) in [7, 11) is 0. The Balaban J connectivity index is 2.23. The first-order valence-electron chi connectivity index (χ1n) is 6.90. The fourth-order valence-electron chi connectivity index (χ4n) is 2.14. The quantitative estimate of drug-likeness (QED) is 0.856. The van der Waals surface area contributed by atoms with Crippen molar-refractivity contribution in [1.29, 1.82) is 0 Å². The molecule has 1 amide bonds. The van der Waals surface area contributed by atoms with E-state index in [4.69, 9.17) is 0 Å². The van der Waals surface area contributed by atoms with Crippen LogP contribution in [0.2, 0.25) is 0 Å². The lowest BCUT2D eigenvalue weighted by atomic mass is 9.92. The third kappa shape index (κ3) is 3.95. The van der Waals surface area contributed by atoms with Gasteiger partial charge in [-0.05, 0) is 17.0 Å². The van der Waals surface area contributed by atoms with Gasteiger partial charge in [0.25, 0.3) is 0 Å². The molecule has 2 aromatic carbocycles. The van der Waals surface area contributed by atoms with Crippen LogP contribution >= 0.6 is 0 Å². The Morgan fingerprint density at radius 2 is 1.55 bits per heavy atom. The Labute approximate surface area is 120 Å². The van der Waals surface area contributed by atoms with Crippen molar-refractivity contribution in [2.45, 2.75) is 27.2 Å². The lowest BCUT2D eigenvalue weighted by Crippen LogP contribution is -2.19. The van der Waals surface area contributed by atoms with E-state index >= 15 is 0 Å². The van der Waals surface area contributed by atoms with Crippen molar-refractivity contribution >= 4 is 11.6 Å². The maximum atomic E-state index is 12.1. The largest absolute Gasteiger partial charge is 0.325 e. The van der Waals surface area contributed by atoms with Gasteiger partial charge in [-0.25, -0.2) is 0 Å². The van der Waals surface area contributed by atoms with E-state index in [1.54, 1.807) is 0 Å².